The summed E-state index contributed by atoms with van der Waals surface area (Å²) in [6, 6.07) is 21.2. The van der Waals surface area contributed by atoms with Gasteiger partial charge in [0.1, 0.15) is 5.54 Å². The highest BCUT2D eigenvalue weighted by atomic mass is 16.2. The second kappa shape index (κ2) is 7.97. The monoisotopic (exact) mass is 504 g/mol. The maximum Gasteiger partial charge on any atom is 0.250 e. The van der Waals surface area contributed by atoms with Gasteiger partial charge in [-0.1, -0.05) is 36.4 Å². The van der Waals surface area contributed by atoms with Gasteiger partial charge in [-0.25, -0.2) is 4.90 Å². The number of Topliss-reactive ketones (excluding diaryl/α,β-unsaturated/α-hetero) is 1. The zero-order valence-electron chi connectivity index (χ0n) is 20.5. The minimum absolute atomic E-state index is 0.103. The van der Waals surface area contributed by atoms with Crippen molar-refractivity contribution in [3.8, 4) is 0 Å². The number of H-pyrrole nitrogens is 1. The molecule has 2 fully saturated rings. The zero-order valence-corrected chi connectivity index (χ0v) is 20.5. The molecule has 0 saturated carbocycles. The van der Waals surface area contributed by atoms with Crippen LogP contribution in [0.3, 0.4) is 0 Å². The van der Waals surface area contributed by atoms with Gasteiger partial charge in [0.2, 0.25) is 17.7 Å². The SMILES string of the molecule is CC(=O)c1ccc(N2C(=O)[C@@H]3[C@H](Cc4c[nH]c5ccccc45)N[C@]4(C(=O)Nc5ccccc54)[C@@H]3C2=O)cc1. The summed E-state index contributed by atoms with van der Waals surface area (Å²) in [4.78, 5) is 58.1. The molecule has 2 saturated heterocycles. The van der Waals surface area contributed by atoms with E-state index in [1.54, 1.807) is 24.3 Å². The van der Waals surface area contributed by atoms with Crippen LogP contribution in [0, 0.1) is 11.8 Å². The number of ketones is 1. The van der Waals surface area contributed by atoms with Gasteiger partial charge in [0, 0.05) is 40.0 Å². The summed E-state index contributed by atoms with van der Waals surface area (Å²) < 4.78 is 0. The first-order valence-electron chi connectivity index (χ1n) is 12.6. The highest BCUT2D eigenvalue weighted by Crippen LogP contribution is 2.54. The Morgan fingerprint density at radius 2 is 1.66 bits per heavy atom. The zero-order chi connectivity index (χ0) is 26.2. The molecule has 3 aliphatic heterocycles. The van der Waals surface area contributed by atoms with Gasteiger partial charge < -0.3 is 10.3 Å². The Morgan fingerprint density at radius 3 is 2.45 bits per heavy atom. The summed E-state index contributed by atoms with van der Waals surface area (Å²) in [6.07, 6.45) is 2.38. The van der Waals surface area contributed by atoms with Crippen LogP contribution >= 0.6 is 0 Å². The smallest absolute Gasteiger partial charge is 0.250 e. The van der Waals surface area contributed by atoms with Crippen molar-refractivity contribution in [1.82, 2.24) is 10.3 Å². The third kappa shape index (κ3) is 2.95. The van der Waals surface area contributed by atoms with Crippen molar-refractivity contribution < 1.29 is 19.2 Å². The summed E-state index contributed by atoms with van der Waals surface area (Å²) in [7, 11) is 0. The number of imide groups is 1. The van der Waals surface area contributed by atoms with Crippen LogP contribution in [0.1, 0.15) is 28.4 Å². The number of benzene rings is 3. The van der Waals surface area contributed by atoms with Gasteiger partial charge in [-0.2, -0.15) is 0 Å². The van der Waals surface area contributed by atoms with E-state index in [0.29, 0.717) is 28.9 Å². The van der Waals surface area contributed by atoms with Crippen LogP contribution in [0.15, 0.2) is 79.0 Å². The number of para-hydroxylation sites is 2. The number of carbonyl (C=O) groups is 4. The first kappa shape index (κ1) is 22.6. The second-order valence-electron chi connectivity index (χ2n) is 10.2. The van der Waals surface area contributed by atoms with Crippen molar-refractivity contribution in [2.75, 3.05) is 10.2 Å². The number of carbonyl (C=O) groups excluding carboxylic acids is 4. The minimum Gasteiger partial charge on any atom is -0.361 e. The Bertz CT molecular complexity index is 1670. The highest BCUT2D eigenvalue weighted by molar-refractivity contribution is 6.26. The van der Waals surface area contributed by atoms with Crippen LogP contribution < -0.4 is 15.5 Å². The number of anilines is 2. The molecule has 7 rings (SSSR count). The van der Waals surface area contributed by atoms with Crippen molar-refractivity contribution in [2.24, 2.45) is 11.8 Å². The van der Waals surface area contributed by atoms with Gasteiger partial charge in [0.05, 0.1) is 17.5 Å². The normalized spacial score (nSPS) is 25.8. The molecule has 1 aromatic heterocycles. The Morgan fingerprint density at radius 1 is 0.921 bits per heavy atom. The molecule has 0 aliphatic carbocycles. The van der Waals surface area contributed by atoms with E-state index < -0.39 is 29.3 Å². The molecule has 3 aliphatic rings. The number of hydrogen-bond donors (Lipinski definition) is 3. The topological polar surface area (TPSA) is 111 Å². The number of aromatic nitrogens is 1. The molecule has 38 heavy (non-hydrogen) atoms. The fraction of sp³-hybridized carbons (Fsp3) is 0.200. The fourth-order valence-corrected chi connectivity index (χ4v) is 6.57. The lowest BCUT2D eigenvalue weighted by Gasteiger charge is -2.29. The predicted octanol–water partition coefficient (Wildman–Crippen LogP) is 3.54. The van der Waals surface area contributed by atoms with Crippen LogP contribution in [0.5, 0.6) is 0 Å². The molecule has 3 amide bonds. The van der Waals surface area contributed by atoms with Gasteiger partial charge in [-0.3, -0.25) is 24.5 Å². The van der Waals surface area contributed by atoms with E-state index in [4.69, 9.17) is 0 Å². The molecule has 3 N–H and O–H groups in total. The van der Waals surface area contributed by atoms with Crippen LogP contribution in [-0.4, -0.2) is 34.5 Å². The Hall–Kier alpha value is -4.56. The summed E-state index contributed by atoms with van der Waals surface area (Å²) in [5.41, 5.74) is 2.83. The maximum atomic E-state index is 14.1. The van der Waals surface area contributed by atoms with E-state index in [2.05, 4.69) is 15.6 Å². The van der Waals surface area contributed by atoms with Crippen LogP contribution in [-0.2, 0) is 26.3 Å². The van der Waals surface area contributed by atoms with Gasteiger partial charge >= 0.3 is 0 Å². The molecule has 3 aromatic carbocycles. The maximum absolute atomic E-state index is 14.1. The number of nitrogens with one attached hydrogen (secondary N) is 3. The first-order valence-corrected chi connectivity index (χ1v) is 12.6. The summed E-state index contributed by atoms with van der Waals surface area (Å²) in [6.45, 7) is 1.46. The number of rotatable bonds is 4. The Labute approximate surface area is 218 Å². The van der Waals surface area contributed by atoms with E-state index in [1.807, 2.05) is 54.7 Å². The number of hydrogen-bond acceptors (Lipinski definition) is 5. The predicted molar refractivity (Wildman–Crippen MR) is 142 cm³/mol. The van der Waals surface area contributed by atoms with E-state index in [1.165, 1.54) is 11.8 Å². The first-order chi connectivity index (χ1) is 18.4. The van der Waals surface area contributed by atoms with Crippen molar-refractivity contribution in [3.05, 3.63) is 95.7 Å². The van der Waals surface area contributed by atoms with Gasteiger partial charge in [0.15, 0.2) is 5.78 Å². The lowest BCUT2D eigenvalue weighted by Crippen LogP contribution is -2.53. The van der Waals surface area contributed by atoms with Gasteiger partial charge in [-0.15, -0.1) is 0 Å². The molecule has 1 spiro atoms. The van der Waals surface area contributed by atoms with E-state index >= 15 is 0 Å². The largest absolute Gasteiger partial charge is 0.361 e. The van der Waals surface area contributed by atoms with Crippen molar-refractivity contribution in [3.63, 3.8) is 0 Å². The molecule has 188 valence electrons. The van der Waals surface area contributed by atoms with Crippen LogP contribution in [0.2, 0.25) is 0 Å². The third-order valence-corrected chi connectivity index (χ3v) is 8.27. The average Bonchev–Trinajstić information content (AvgIpc) is 3.63. The van der Waals surface area contributed by atoms with Gasteiger partial charge in [-0.05, 0) is 55.3 Å². The van der Waals surface area contributed by atoms with Gasteiger partial charge in [0.25, 0.3) is 0 Å². The quantitative estimate of drug-likeness (QED) is 0.291. The number of aromatic amines is 1. The lowest BCUT2D eigenvalue weighted by molar-refractivity contribution is -0.130. The highest BCUT2D eigenvalue weighted by Gasteiger charge is 2.70. The molecule has 4 aromatic rings. The lowest BCUT2D eigenvalue weighted by atomic mass is 9.76. The van der Waals surface area contributed by atoms with Crippen LogP contribution in [0.4, 0.5) is 11.4 Å². The fourth-order valence-electron chi connectivity index (χ4n) is 6.57. The molecular weight excluding hydrogens is 480 g/mol. The summed E-state index contributed by atoms with van der Waals surface area (Å²) >= 11 is 0. The molecule has 4 heterocycles. The summed E-state index contributed by atoms with van der Waals surface area (Å²) in [5.74, 6) is -2.86. The van der Waals surface area contributed by atoms with E-state index in [-0.39, 0.29) is 17.6 Å². The Balaban J connectivity index is 1.35. The standard InChI is InChI=1S/C30H24N4O4/c1-16(35)17-10-12-19(13-11-17)34-27(36)25-24(14-18-15-31-22-8-4-2-6-20(18)22)33-30(26(25)28(34)37)21-7-3-5-9-23(21)32-29(30)38/h2-13,15,24-26,31,33H,14H2,1H3,(H,32,38)/t24-,25+,26-,30-/m0/s1. The van der Waals surface area contributed by atoms with Crippen molar-refractivity contribution in [1.29, 1.82) is 0 Å². The second-order valence-corrected chi connectivity index (χ2v) is 10.2. The van der Waals surface area contributed by atoms with Crippen molar-refractivity contribution >= 4 is 45.8 Å². The Kier molecular flexibility index (Phi) is 4.74. The van der Waals surface area contributed by atoms with Crippen molar-refractivity contribution in [2.45, 2.75) is 24.9 Å². The third-order valence-electron chi connectivity index (χ3n) is 8.27. The molecule has 4 atom stereocenters. The minimum atomic E-state index is -1.36. The van der Waals surface area contributed by atoms with E-state index in [0.717, 1.165) is 16.5 Å². The molecule has 0 bridgehead atoms. The molecular formula is C30H24N4O4. The number of fused-ring (bicyclic) bond motifs is 5. The van der Waals surface area contributed by atoms with E-state index in [9.17, 15) is 19.2 Å². The molecule has 8 heteroatoms. The molecule has 8 nitrogen and oxygen atoms in total. The number of amides is 3. The summed E-state index contributed by atoms with van der Waals surface area (Å²) in [5, 5.41) is 7.47. The average molecular weight is 505 g/mol. The molecule has 0 radical (unpaired) electrons. The molecule has 0 unspecified atom stereocenters. The number of nitrogens with zero attached hydrogens (tertiary/aromatic N) is 1. The van der Waals surface area contributed by atoms with Crippen LogP contribution in [0.25, 0.3) is 10.9 Å².